The molecule has 32 heteroatoms. The summed E-state index contributed by atoms with van der Waals surface area (Å²) in [5, 5.41) is 54.2. The number of fused-ring (bicyclic) bond motifs is 1. The van der Waals surface area contributed by atoms with Gasteiger partial charge in [0.2, 0.25) is 70.9 Å². The zero-order valence-corrected chi connectivity index (χ0v) is 51.3. The van der Waals surface area contributed by atoms with Crippen LogP contribution in [0.15, 0.2) is 30.5 Å². The number of aliphatic hydroxyl groups excluding tert-OH is 1. The lowest BCUT2D eigenvalue weighted by molar-refractivity contribution is -0.144. The largest absolute Gasteiger partial charge is 0.481 e. The molecule has 0 bridgehead atoms. The van der Waals surface area contributed by atoms with Crippen LogP contribution in [0, 0.1) is 17.8 Å². The Morgan fingerprint density at radius 3 is 1.81 bits per heavy atom. The molecule has 2 heterocycles. The Hall–Kier alpha value is -8.39. The normalized spacial score (nSPS) is 16.4. The van der Waals surface area contributed by atoms with E-state index >= 15 is 0 Å². The summed E-state index contributed by atoms with van der Waals surface area (Å²) in [6, 6.07) is -7.35. The number of benzene rings is 1. The summed E-state index contributed by atoms with van der Waals surface area (Å²) in [6.45, 7) is 9.44. The first-order chi connectivity index (χ1) is 41.4. The second-order valence-corrected chi connectivity index (χ2v) is 22.8. The Bertz CT molecular complexity index is 2830. The number of primary amides is 1. The van der Waals surface area contributed by atoms with Crippen LogP contribution in [0.5, 0.6) is 0 Å². The van der Waals surface area contributed by atoms with Gasteiger partial charge in [-0.25, -0.2) is 4.79 Å². The van der Waals surface area contributed by atoms with Crippen molar-refractivity contribution in [2.24, 2.45) is 29.2 Å². The Kier molecular flexibility index (Phi) is 30.3. The fourth-order valence-corrected chi connectivity index (χ4v) is 9.70. The second kappa shape index (κ2) is 36.0. The molecule has 0 aliphatic carbocycles. The lowest BCUT2D eigenvalue weighted by Crippen LogP contribution is -2.60. The van der Waals surface area contributed by atoms with Crippen molar-refractivity contribution in [3.05, 3.63) is 36.0 Å². The number of nitrogens with one attached hydrogen (secondary N) is 11. The standard InChI is InChI=1S/C56H86N14O17S/c1-8-29(6)46(69-44(74)24-60-48(78)39(25-71)67-52(82)36(19-28(4)5)64-51(81)35(18-27(2)3)62-43(73)22-57)54(84)65-37(21-42(58)72)50(80)61-30(7)47(77)63-34(15-16-45(75)76)49(79)66-38(20-31-23-59-33-13-10-9-12-32(31)33)55(85)70-17-11-14-41(70)53(83)68-40(26-88)56(86)87/h9-10,12-13,23,27-30,34-41,46,59,71,88H,8,11,14-22,24-26,57H2,1-7H3,(H2,58,72)(H,60,78)(H,61,80)(H,62,73)(H,63,77)(H,64,81)(H,65,84)(H,66,79)(H,67,82)(H,68,83)(H,69,74)(H,75,76)(H,86,87)/t29-,30-,34-,35-,36-,37-,38-,39-,40-,41-,46-/m0/s1. The molecule has 3 rings (SSSR count). The number of aromatic nitrogens is 1. The number of aliphatic carboxylic acids is 2. The van der Waals surface area contributed by atoms with Gasteiger partial charge in [0.15, 0.2) is 0 Å². The third-order valence-electron chi connectivity index (χ3n) is 14.4. The van der Waals surface area contributed by atoms with Crippen molar-refractivity contribution < 1.29 is 82.4 Å². The van der Waals surface area contributed by atoms with Crippen molar-refractivity contribution in [2.45, 2.75) is 167 Å². The number of amides is 12. The Labute approximate surface area is 514 Å². The van der Waals surface area contributed by atoms with E-state index in [1.165, 1.54) is 4.90 Å². The van der Waals surface area contributed by atoms with Gasteiger partial charge in [0.1, 0.15) is 60.4 Å². The number of carbonyl (C=O) groups is 14. The van der Waals surface area contributed by atoms with E-state index in [9.17, 15) is 82.4 Å². The summed E-state index contributed by atoms with van der Waals surface area (Å²) >= 11 is 4.00. The molecule has 1 aliphatic rings. The van der Waals surface area contributed by atoms with E-state index in [-0.39, 0.29) is 62.8 Å². The molecule has 31 nitrogen and oxygen atoms in total. The Morgan fingerprint density at radius 1 is 0.670 bits per heavy atom. The van der Waals surface area contributed by atoms with E-state index in [1.54, 1.807) is 58.2 Å². The van der Waals surface area contributed by atoms with E-state index in [0.717, 1.165) is 6.92 Å². The number of likely N-dealkylation sites (tertiary alicyclic amines) is 1. The number of aromatic amines is 1. The molecule has 1 saturated heterocycles. The maximum absolute atomic E-state index is 14.5. The van der Waals surface area contributed by atoms with Crippen LogP contribution >= 0.6 is 12.6 Å². The third kappa shape index (κ3) is 23.4. The van der Waals surface area contributed by atoms with Gasteiger partial charge in [-0.05, 0) is 68.4 Å². The smallest absolute Gasteiger partial charge is 0.327 e. The molecular formula is C56H86N14O17S. The molecule has 0 spiro atoms. The third-order valence-corrected chi connectivity index (χ3v) is 14.7. The number of carbonyl (C=O) groups excluding carboxylic acids is 12. The summed E-state index contributed by atoms with van der Waals surface area (Å²) < 4.78 is 0. The molecule has 1 aromatic carbocycles. The monoisotopic (exact) mass is 1260 g/mol. The highest BCUT2D eigenvalue weighted by atomic mass is 32.1. The highest BCUT2D eigenvalue weighted by Gasteiger charge is 2.41. The number of thiol groups is 1. The number of carboxylic acid groups (broad SMARTS) is 2. The lowest BCUT2D eigenvalue weighted by atomic mass is 9.97. The predicted octanol–water partition coefficient (Wildman–Crippen LogP) is -3.96. The van der Waals surface area contributed by atoms with E-state index < -0.39 is 182 Å². The molecule has 1 aromatic heterocycles. The Balaban J connectivity index is 1.77. The van der Waals surface area contributed by atoms with Gasteiger partial charge in [-0.2, -0.15) is 12.6 Å². The van der Waals surface area contributed by atoms with Crippen LogP contribution in [0.3, 0.4) is 0 Å². The zero-order chi connectivity index (χ0) is 66.1. The minimum absolute atomic E-state index is 0.0412. The molecular weight excluding hydrogens is 1170 g/mol. The minimum atomic E-state index is -1.79. The summed E-state index contributed by atoms with van der Waals surface area (Å²) in [7, 11) is 0. The number of hydrogen-bond donors (Lipinski definition) is 17. The number of carboxylic acids is 2. The topological polar surface area (TPSA) is 491 Å². The van der Waals surface area contributed by atoms with Crippen LogP contribution in [0.1, 0.15) is 105 Å². The maximum atomic E-state index is 14.5. The summed E-state index contributed by atoms with van der Waals surface area (Å²) in [5.41, 5.74) is 12.1. The van der Waals surface area contributed by atoms with Crippen molar-refractivity contribution in [1.82, 2.24) is 63.1 Å². The summed E-state index contributed by atoms with van der Waals surface area (Å²) in [5.74, 6) is -14.9. The second-order valence-electron chi connectivity index (χ2n) is 22.4. The van der Waals surface area contributed by atoms with Crippen molar-refractivity contribution >= 4 is 106 Å². The molecule has 1 fully saturated rings. The number of hydrogen-bond acceptors (Lipinski definition) is 17. The first-order valence-electron chi connectivity index (χ1n) is 28.9. The van der Waals surface area contributed by atoms with Crippen molar-refractivity contribution in [3.8, 4) is 0 Å². The van der Waals surface area contributed by atoms with E-state index in [1.807, 2.05) is 13.8 Å². The van der Waals surface area contributed by atoms with E-state index in [2.05, 4.69) is 70.8 Å². The molecule has 11 atom stereocenters. The van der Waals surface area contributed by atoms with Crippen molar-refractivity contribution in [2.75, 3.05) is 32.0 Å². The highest BCUT2D eigenvalue weighted by molar-refractivity contribution is 7.80. The number of para-hydroxylation sites is 1. The van der Waals surface area contributed by atoms with Crippen LogP contribution in [0.25, 0.3) is 10.9 Å². The van der Waals surface area contributed by atoms with Gasteiger partial charge in [0, 0.05) is 42.2 Å². The molecule has 1 aliphatic heterocycles. The average Bonchev–Trinajstić information content (AvgIpc) is 2.05. The van der Waals surface area contributed by atoms with Crippen molar-refractivity contribution in [1.29, 1.82) is 0 Å². The molecule has 0 unspecified atom stereocenters. The maximum Gasteiger partial charge on any atom is 0.327 e. The van der Waals surface area contributed by atoms with Gasteiger partial charge in [-0.15, -0.1) is 0 Å². The number of rotatable bonds is 37. The predicted molar refractivity (Wildman–Crippen MR) is 319 cm³/mol. The van der Waals surface area contributed by atoms with Crippen LogP contribution in [-0.4, -0.2) is 200 Å². The number of aliphatic hydroxyl groups is 1. The SMILES string of the molecule is CC[C@H](C)[C@H](NC(=O)CNC(=O)[C@H](CO)NC(=O)[C@H](CC(C)C)NC(=O)[C@H](CC(C)C)NC(=O)CN)C(=O)N[C@@H](CC(N)=O)C(=O)N[C@@H](C)C(=O)N[C@@H](CCC(=O)O)C(=O)N[C@@H](Cc1c[nH]c2ccccc12)C(=O)N1CCC[C@H]1C(=O)N[C@@H](CS)C(=O)O. The van der Waals surface area contributed by atoms with Gasteiger partial charge in [0.25, 0.3) is 0 Å². The van der Waals surface area contributed by atoms with Gasteiger partial charge < -0.3 is 89.8 Å². The lowest BCUT2D eigenvalue weighted by Gasteiger charge is -2.30. The van der Waals surface area contributed by atoms with Crippen LogP contribution < -0.4 is 64.6 Å². The average molecular weight is 1260 g/mol. The zero-order valence-electron chi connectivity index (χ0n) is 50.4. The first kappa shape index (κ1) is 73.9. The minimum Gasteiger partial charge on any atom is -0.481 e. The van der Waals surface area contributed by atoms with Crippen molar-refractivity contribution in [3.63, 3.8) is 0 Å². The van der Waals surface area contributed by atoms with E-state index in [0.29, 0.717) is 22.9 Å². The van der Waals surface area contributed by atoms with Crippen LogP contribution in [0.4, 0.5) is 0 Å². The summed E-state index contributed by atoms with van der Waals surface area (Å²) in [4.78, 5) is 189. The molecule has 0 saturated carbocycles. The van der Waals surface area contributed by atoms with Gasteiger partial charge in [-0.1, -0.05) is 66.2 Å². The van der Waals surface area contributed by atoms with Gasteiger partial charge in [0.05, 0.1) is 26.1 Å². The van der Waals surface area contributed by atoms with Crippen LogP contribution in [-0.2, 0) is 73.5 Å². The fourth-order valence-electron chi connectivity index (χ4n) is 9.45. The quantitative estimate of drug-likeness (QED) is 0.0287. The Morgan fingerprint density at radius 2 is 1.24 bits per heavy atom. The number of nitrogens with zero attached hydrogens (tertiary/aromatic N) is 1. The molecule has 12 amide bonds. The molecule has 0 radical (unpaired) electrons. The molecule has 18 N–H and O–H groups in total. The first-order valence-corrected chi connectivity index (χ1v) is 29.6. The number of H-pyrrole nitrogens is 1. The highest BCUT2D eigenvalue weighted by Crippen LogP contribution is 2.24. The van der Waals surface area contributed by atoms with E-state index in [4.69, 9.17) is 11.5 Å². The molecule has 488 valence electrons. The summed E-state index contributed by atoms with van der Waals surface area (Å²) in [6.07, 6.45) is 0.392. The van der Waals surface area contributed by atoms with Crippen LogP contribution in [0.2, 0.25) is 0 Å². The molecule has 2 aromatic rings. The number of nitrogens with two attached hydrogens (primary N) is 2. The van der Waals surface area contributed by atoms with Gasteiger partial charge in [-0.3, -0.25) is 62.3 Å². The van der Waals surface area contributed by atoms with Gasteiger partial charge >= 0.3 is 11.9 Å². The fraction of sp³-hybridized carbons (Fsp3) is 0.607. The molecule has 88 heavy (non-hydrogen) atoms.